The number of aliphatic hydroxyl groups is 1. The number of aromatic nitrogens is 2. The number of methoxy groups -OCH3 is 1. The number of imidazole rings is 1. The fraction of sp³-hybridized carbons (Fsp3) is 0.500. The summed E-state index contributed by atoms with van der Waals surface area (Å²) >= 11 is 0. The van der Waals surface area contributed by atoms with Gasteiger partial charge in [0, 0.05) is 32.8 Å². The molecule has 1 saturated heterocycles. The van der Waals surface area contributed by atoms with Gasteiger partial charge in [0.2, 0.25) is 0 Å². The molecule has 3 atom stereocenters. The van der Waals surface area contributed by atoms with Gasteiger partial charge in [-0.1, -0.05) is 6.07 Å². The Balaban J connectivity index is 1.38. The molecule has 3 aromatic rings. The van der Waals surface area contributed by atoms with Crippen molar-refractivity contribution in [3.05, 3.63) is 64.2 Å². The fourth-order valence-corrected chi connectivity index (χ4v) is 5.92. The third-order valence-electron chi connectivity index (χ3n) is 7.63. The van der Waals surface area contributed by atoms with Gasteiger partial charge in [-0.25, -0.2) is 9.37 Å². The van der Waals surface area contributed by atoms with Crippen LogP contribution in [0.4, 0.5) is 4.39 Å². The quantitative estimate of drug-likeness (QED) is 0.596. The summed E-state index contributed by atoms with van der Waals surface area (Å²) < 4.78 is 22.6. The minimum Gasteiger partial charge on any atom is -0.383 e. The van der Waals surface area contributed by atoms with Crippen LogP contribution < -0.4 is 0 Å². The maximum atomic E-state index is 14.6. The average Bonchev–Trinajstić information content (AvgIpc) is 3.39. The third-order valence-corrected chi connectivity index (χ3v) is 7.63. The van der Waals surface area contributed by atoms with E-state index in [4.69, 9.17) is 9.72 Å². The smallest absolute Gasteiger partial charge is 0.141 e. The number of piperidine rings is 1. The summed E-state index contributed by atoms with van der Waals surface area (Å²) in [4.78, 5) is 7.18. The van der Waals surface area contributed by atoms with Crippen LogP contribution in [-0.2, 0) is 23.2 Å². The summed E-state index contributed by atoms with van der Waals surface area (Å²) in [5.74, 6) is 0.788. The van der Waals surface area contributed by atoms with E-state index in [-0.39, 0.29) is 18.0 Å². The molecule has 0 saturated carbocycles. The molecule has 0 bridgehead atoms. The van der Waals surface area contributed by atoms with E-state index < -0.39 is 5.60 Å². The van der Waals surface area contributed by atoms with Crippen LogP contribution in [-0.4, -0.2) is 52.4 Å². The van der Waals surface area contributed by atoms with Crippen molar-refractivity contribution in [2.24, 2.45) is 5.92 Å². The predicted molar refractivity (Wildman–Crippen MR) is 133 cm³/mol. The van der Waals surface area contributed by atoms with Gasteiger partial charge in [-0.2, -0.15) is 5.26 Å². The van der Waals surface area contributed by atoms with Crippen LogP contribution in [0.25, 0.3) is 11.0 Å². The van der Waals surface area contributed by atoms with Gasteiger partial charge in [0.1, 0.15) is 17.2 Å². The molecule has 7 heteroatoms. The molecule has 1 fully saturated rings. The molecule has 1 aliphatic carbocycles. The van der Waals surface area contributed by atoms with E-state index in [2.05, 4.69) is 17.0 Å². The van der Waals surface area contributed by atoms with Crippen LogP contribution >= 0.6 is 0 Å². The van der Waals surface area contributed by atoms with Crippen molar-refractivity contribution in [3.63, 3.8) is 0 Å². The van der Waals surface area contributed by atoms with Crippen molar-refractivity contribution in [2.75, 3.05) is 26.7 Å². The van der Waals surface area contributed by atoms with Crippen LogP contribution in [0.1, 0.15) is 54.4 Å². The SMILES string of the molecule is CO[C@@H]1CN(C[C@H]2Cc3ccc(C#N)cc3C2)CC[C@@H]1n1c(C(C)(C)O)nc2cc(C)c(F)cc21. The van der Waals surface area contributed by atoms with E-state index in [0.29, 0.717) is 28.3 Å². The summed E-state index contributed by atoms with van der Waals surface area (Å²) in [5, 5.41) is 20.1. The minimum atomic E-state index is -1.17. The zero-order chi connectivity index (χ0) is 24.9. The highest BCUT2D eigenvalue weighted by Crippen LogP contribution is 2.36. The van der Waals surface area contributed by atoms with E-state index in [1.54, 1.807) is 33.9 Å². The molecule has 0 unspecified atom stereocenters. The molecule has 2 aromatic carbocycles. The molecule has 0 radical (unpaired) electrons. The lowest BCUT2D eigenvalue weighted by atomic mass is 9.97. The number of ether oxygens (including phenoxy) is 1. The fourth-order valence-electron chi connectivity index (χ4n) is 5.92. The highest BCUT2D eigenvalue weighted by molar-refractivity contribution is 5.77. The monoisotopic (exact) mass is 476 g/mol. The molecule has 0 spiro atoms. The number of likely N-dealkylation sites (tertiary alicyclic amines) is 1. The summed E-state index contributed by atoms with van der Waals surface area (Å²) in [6.07, 6.45) is 2.74. The summed E-state index contributed by atoms with van der Waals surface area (Å²) in [6.45, 7) is 7.80. The minimum absolute atomic E-state index is 0.0521. The Morgan fingerprint density at radius 1 is 1.23 bits per heavy atom. The van der Waals surface area contributed by atoms with Gasteiger partial charge in [-0.05, 0) is 80.8 Å². The van der Waals surface area contributed by atoms with Gasteiger partial charge in [0.05, 0.1) is 34.8 Å². The van der Waals surface area contributed by atoms with Gasteiger partial charge in [0.25, 0.3) is 0 Å². The molecule has 2 heterocycles. The second-order valence-corrected chi connectivity index (χ2v) is 10.7. The molecule has 1 N–H and O–H groups in total. The zero-order valence-electron chi connectivity index (χ0n) is 20.9. The number of rotatable bonds is 5. The molecular weight excluding hydrogens is 443 g/mol. The maximum Gasteiger partial charge on any atom is 0.141 e. The van der Waals surface area contributed by atoms with Gasteiger partial charge in [-0.3, -0.25) is 0 Å². The first-order chi connectivity index (χ1) is 16.7. The Kier molecular flexibility index (Phi) is 6.16. The van der Waals surface area contributed by atoms with Crippen molar-refractivity contribution in [1.29, 1.82) is 5.26 Å². The molecule has 1 aliphatic heterocycles. The second-order valence-electron chi connectivity index (χ2n) is 10.7. The molecule has 35 heavy (non-hydrogen) atoms. The Labute approximate surface area is 205 Å². The largest absolute Gasteiger partial charge is 0.383 e. The highest BCUT2D eigenvalue weighted by Gasteiger charge is 2.37. The number of nitriles is 1. The number of hydrogen-bond donors (Lipinski definition) is 1. The van der Waals surface area contributed by atoms with Gasteiger partial charge < -0.3 is 19.3 Å². The van der Waals surface area contributed by atoms with Crippen LogP contribution in [0.15, 0.2) is 30.3 Å². The lowest BCUT2D eigenvalue weighted by molar-refractivity contribution is -0.0152. The van der Waals surface area contributed by atoms with Crippen molar-refractivity contribution in [2.45, 2.75) is 57.8 Å². The topological polar surface area (TPSA) is 74.3 Å². The van der Waals surface area contributed by atoms with Crippen LogP contribution in [0.2, 0.25) is 0 Å². The molecule has 0 amide bonds. The number of fused-ring (bicyclic) bond motifs is 2. The molecule has 1 aromatic heterocycles. The average molecular weight is 477 g/mol. The Morgan fingerprint density at radius 2 is 2.00 bits per heavy atom. The molecule has 184 valence electrons. The lowest BCUT2D eigenvalue weighted by Crippen LogP contribution is -2.47. The normalized spacial score (nSPS) is 22.9. The first kappa shape index (κ1) is 23.9. The summed E-state index contributed by atoms with van der Waals surface area (Å²) in [7, 11) is 1.73. The van der Waals surface area contributed by atoms with Gasteiger partial charge in [0.15, 0.2) is 0 Å². The van der Waals surface area contributed by atoms with Crippen LogP contribution in [0.3, 0.4) is 0 Å². The predicted octanol–water partition coefficient (Wildman–Crippen LogP) is 4.26. The van der Waals surface area contributed by atoms with Crippen molar-refractivity contribution in [3.8, 4) is 6.07 Å². The number of hydrogen-bond acceptors (Lipinski definition) is 5. The number of halogens is 1. The number of nitrogens with zero attached hydrogens (tertiary/aromatic N) is 4. The first-order valence-electron chi connectivity index (χ1n) is 12.4. The summed E-state index contributed by atoms with van der Waals surface area (Å²) in [5.41, 5.74) is 4.14. The molecular formula is C28H33FN4O2. The van der Waals surface area contributed by atoms with E-state index in [9.17, 15) is 14.8 Å². The van der Waals surface area contributed by atoms with E-state index in [0.717, 1.165) is 44.5 Å². The Bertz CT molecular complexity index is 1300. The first-order valence-corrected chi connectivity index (χ1v) is 12.4. The van der Waals surface area contributed by atoms with Crippen LogP contribution in [0, 0.1) is 30.0 Å². The third kappa shape index (κ3) is 4.47. The highest BCUT2D eigenvalue weighted by atomic mass is 19.1. The maximum absolute atomic E-state index is 14.6. The molecule has 6 nitrogen and oxygen atoms in total. The second kappa shape index (κ2) is 9.02. The van der Waals surface area contributed by atoms with E-state index in [1.165, 1.54) is 17.2 Å². The van der Waals surface area contributed by atoms with Crippen LogP contribution in [0.5, 0.6) is 0 Å². The summed E-state index contributed by atoms with van der Waals surface area (Å²) in [6, 6.07) is 11.5. The van der Waals surface area contributed by atoms with Gasteiger partial charge in [-0.15, -0.1) is 0 Å². The number of benzene rings is 2. The Morgan fingerprint density at radius 3 is 2.71 bits per heavy atom. The molecule has 2 aliphatic rings. The van der Waals surface area contributed by atoms with Crippen molar-refractivity contribution < 1.29 is 14.2 Å². The standard InChI is InChI=1S/C28H33FN4O2/c1-17-9-23-25(13-22(17)29)33(27(31-23)28(2,3)34)24-7-8-32(16-26(24)35-4)15-19-11-20-6-5-18(14-30)10-21(20)12-19/h5-6,9-10,13,19,24,26,34H,7-8,11-12,15-16H2,1-4H3/t19-,24-,26+/m0/s1. The Hall–Kier alpha value is -2.79. The zero-order valence-corrected chi connectivity index (χ0v) is 20.9. The van der Waals surface area contributed by atoms with E-state index in [1.807, 2.05) is 16.7 Å². The van der Waals surface area contributed by atoms with Crippen molar-refractivity contribution >= 4 is 11.0 Å². The molecule has 5 rings (SSSR count). The lowest BCUT2D eigenvalue weighted by Gasteiger charge is -2.40. The number of aryl methyl sites for hydroxylation is 1. The van der Waals surface area contributed by atoms with E-state index >= 15 is 0 Å². The van der Waals surface area contributed by atoms with Crippen molar-refractivity contribution in [1.82, 2.24) is 14.5 Å². The van der Waals surface area contributed by atoms with Gasteiger partial charge >= 0.3 is 0 Å².